The molecule has 4 rings (SSSR count). The number of anilines is 1. The normalized spacial score (nSPS) is 15.2. The van der Waals surface area contributed by atoms with Gasteiger partial charge < -0.3 is 4.74 Å². The summed E-state index contributed by atoms with van der Waals surface area (Å²) in [5.41, 5.74) is 3.94. The lowest BCUT2D eigenvalue weighted by molar-refractivity contribution is -0.113. The Kier molecular flexibility index (Phi) is 5.79. The molecule has 0 aromatic heterocycles. The van der Waals surface area contributed by atoms with Gasteiger partial charge in [0, 0.05) is 5.56 Å². The van der Waals surface area contributed by atoms with Crippen LogP contribution in [0.15, 0.2) is 83.8 Å². The van der Waals surface area contributed by atoms with E-state index in [9.17, 15) is 4.79 Å². The van der Waals surface area contributed by atoms with Gasteiger partial charge in [0.05, 0.1) is 10.6 Å². The molecule has 0 unspecified atom stereocenters. The number of carbonyl (C=O) groups is 1. The Labute approximate surface area is 180 Å². The van der Waals surface area contributed by atoms with Gasteiger partial charge in [0.15, 0.2) is 4.32 Å². The maximum atomic E-state index is 13.0. The van der Waals surface area contributed by atoms with E-state index in [-0.39, 0.29) is 5.91 Å². The number of aryl methyl sites for hydroxylation is 1. The number of hydrogen-bond acceptors (Lipinski definition) is 4. The molecule has 1 aliphatic rings. The fraction of sp³-hybridized carbons (Fsp3) is 0.0833. The third-order valence-corrected chi connectivity index (χ3v) is 5.79. The summed E-state index contributed by atoms with van der Waals surface area (Å²) in [5.74, 6) is 0.624. The lowest BCUT2D eigenvalue weighted by Crippen LogP contribution is -2.27. The molecule has 29 heavy (non-hydrogen) atoms. The molecule has 0 N–H and O–H groups in total. The van der Waals surface area contributed by atoms with E-state index in [2.05, 4.69) is 19.1 Å². The highest BCUT2D eigenvalue weighted by atomic mass is 32.2. The average molecular weight is 418 g/mol. The molecule has 1 heterocycles. The molecule has 0 bridgehead atoms. The zero-order valence-electron chi connectivity index (χ0n) is 15.9. The van der Waals surface area contributed by atoms with Crippen molar-refractivity contribution in [1.29, 1.82) is 0 Å². The van der Waals surface area contributed by atoms with Crippen molar-refractivity contribution in [3.8, 4) is 5.75 Å². The third-order valence-electron chi connectivity index (χ3n) is 4.49. The number of thioether (sulfide) groups is 1. The first-order valence-corrected chi connectivity index (χ1v) is 10.4. The molecule has 1 amide bonds. The number of carbonyl (C=O) groups excluding carboxylic acids is 1. The minimum atomic E-state index is -0.111. The number of ether oxygens (including phenoxy) is 1. The minimum absolute atomic E-state index is 0.111. The van der Waals surface area contributed by atoms with Crippen LogP contribution in [0.25, 0.3) is 6.08 Å². The van der Waals surface area contributed by atoms with Gasteiger partial charge in [-0.3, -0.25) is 9.69 Å². The molecule has 3 nitrogen and oxygen atoms in total. The van der Waals surface area contributed by atoms with Crippen molar-refractivity contribution in [3.63, 3.8) is 0 Å². The lowest BCUT2D eigenvalue weighted by atomic mass is 10.1. The van der Waals surface area contributed by atoms with Crippen LogP contribution in [-0.4, -0.2) is 10.2 Å². The van der Waals surface area contributed by atoms with E-state index in [4.69, 9.17) is 17.0 Å². The van der Waals surface area contributed by atoms with Gasteiger partial charge >= 0.3 is 0 Å². The first-order chi connectivity index (χ1) is 14.1. The van der Waals surface area contributed by atoms with Gasteiger partial charge in [-0.15, -0.1) is 0 Å². The number of benzene rings is 3. The van der Waals surface area contributed by atoms with Gasteiger partial charge in [0.2, 0.25) is 0 Å². The Balaban J connectivity index is 1.57. The molecule has 0 atom stereocenters. The monoisotopic (exact) mass is 417 g/mol. The summed E-state index contributed by atoms with van der Waals surface area (Å²) < 4.78 is 6.58. The summed E-state index contributed by atoms with van der Waals surface area (Å²) in [6, 6.07) is 25.4. The Morgan fingerprint density at radius 2 is 1.76 bits per heavy atom. The number of rotatable bonds is 5. The molecule has 1 saturated heterocycles. The standard InChI is InChI=1S/C24H19NO2S2/c1-17-8-7-9-18(14-17)16-27-21-13-6-5-10-19(21)15-22-23(26)25(24(28)29-22)20-11-3-2-4-12-20/h2-15H,16H2,1H3/b22-15-. The Bertz CT molecular complexity index is 1090. The van der Waals surface area contributed by atoms with E-state index in [1.807, 2.05) is 72.8 Å². The number of hydrogen-bond donors (Lipinski definition) is 0. The molecule has 1 fully saturated rings. The number of amides is 1. The van der Waals surface area contributed by atoms with Crippen molar-refractivity contribution in [1.82, 2.24) is 0 Å². The Morgan fingerprint density at radius 1 is 1.00 bits per heavy atom. The Morgan fingerprint density at radius 3 is 2.55 bits per heavy atom. The van der Waals surface area contributed by atoms with Crippen LogP contribution in [0.2, 0.25) is 0 Å². The van der Waals surface area contributed by atoms with E-state index in [0.29, 0.717) is 15.8 Å². The third kappa shape index (κ3) is 4.42. The summed E-state index contributed by atoms with van der Waals surface area (Å²) in [4.78, 5) is 15.1. The number of nitrogens with zero attached hydrogens (tertiary/aromatic N) is 1. The average Bonchev–Trinajstić information content (AvgIpc) is 3.01. The van der Waals surface area contributed by atoms with Crippen LogP contribution in [-0.2, 0) is 11.4 Å². The van der Waals surface area contributed by atoms with Crippen molar-refractivity contribution >= 4 is 46.0 Å². The van der Waals surface area contributed by atoms with Crippen molar-refractivity contribution in [3.05, 3.63) is 100 Å². The van der Waals surface area contributed by atoms with Crippen molar-refractivity contribution in [2.45, 2.75) is 13.5 Å². The van der Waals surface area contributed by atoms with Crippen molar-refractivity contribution in [2.24, 2.45) is 0 Å². The largest absolute Gasteiger partial charge is 0.488 e. The minimum Gasteiger partial charge on any atom is -0.488 e. The van der Waals surface area contributed by atoms with E-state index in [0.717, 1.165) is 22.6 Å². The van der Waals surface area contributed by atoms with Gasteiger partial charge in [-0.2, -0.15) is 0 Å². The summed E-state index contributed by atoms with van der Waals surface area (Å²) in [7, 11) is 0. The predicted octanol–water partition coefficient (Wildman–Crippen LogP) is 5.98. The van der Waals surface area contributed by atoms with Crippen LogP contribution in [0.4, 0.5) is 5.69 Å². The zero-order valence-corrected chi connectivity index (χ0v) is 17.5. The molecule has 0 radical (unpaired) electrons. The number of para-hydroxylation sites is 2. The highest BCUT2D eigenvalue weighted by Gasteiger charge is 2.33. The maximum Gasteiger partial charge on any atom is 0.270 e. The van der Waals surface area contributed by atoms with Gasteiger partial charge in [-0.25, -0.2) is 0 Å². The van der Waals surface area contributed by atoms with Crippen LogP contribution in [0.3, 0.4) is 0 Å². The second-order valence-corrected chi connectivity index (χ2v) is 8.34. The van der Waals surface area contributed by atoms with E-state index < -0.39 is 0 Å². The Hall–Kier alpha value is -2.89. The smallest absolute Gasteiger partial charge is 0.270 e. The second-order valence-electron chi connectivity index (χ2n) is 6.67. The SMILES string of the molecule is Cc1cccc(COc2ccccc2/C=C2\SC(=S)N(c3ccccc3)C2=O)c1. The molecule has 3 aromatic rings. The molecule has 0 saturated carbocycles. The van der Waals surface area contributed by atoms with Gasteiger partial charge in [-0.05, 0) is 36.8 Å². The fourth-order valence-corrected chi connectivity index (χ4v) is 4.39. The lowest BCUT2D eigenvalue weighted by Gasteiger charge is -2.14. The first kappa shape index (κ1) is 19.4. The summed E-state index contributed by atoms with van der Waals surface area (Å²) in [5, 5.41) is 0. The van der Waals surface area contributed by atoms with Crippen LogP contribution in [0.1, 0.15) is 16.7 Å². The number of thiocarbonyl (C=S) groups is 1. The highest BCUT2D eigenvalue weighted by molar-refractivity contribution is 8.27. The van der Waals surface area contributed by atoms with Crippen molar-refractivity contribution < 1.29 is 9.53 Å². The second kappa shape index (κ2) is 8.64. The molecule has 5 heteroatoms. The first-order valence-electron chi connectivity index (χ1n) is 9.22. The highest BCUT2D eigenvalue weighted by Crippen LogP contribution is 2.37. The van der Waals surface area contributed by atoms with Gasteiger partial charge in [-0.1, -0.05) is 90.2 Å². The molecular formula is C24H19NO2S2. The molecule has 1 aliphatic heterocycles. The summed E-state index contributed by atoms with van der Waals surface area (Å²) in [6.07, 6.45) is 1.85. The molecule has 144 valence electrons. The van der Waals surface area contributed by atoms with Crippen molar-refractivity contribution in [2.75, 3.05) is 4.90 Å². The molecule has 0 spiro atoms. The topological polar surface area (TPSA) is 29.5 Å². The van der Waals surface area contributed by atoms with Crippen LogP contribution >= 0.6 is 24.0 Å². The van der Waals surface area contributed by atoms with E-state index in [1.165, 1.54) is 17.3 Å². The predicted molar refractivity (Wildman–Crippen MR) is 124 cm³/mol. The zero-order chi connectivity index (χ0) is 20.2. The van der Waals surface area contributed by atoms with Gasteiger partial charge in [0.1, 0.15) is 12.4 Å². The van der Waals surface area contributed by atoms with E-state index >= 15 is 0 Å². The quantitative estimate of drug-likeness (QED) is 0.377. The van der Waals surface area contributed by atoms with Crippen LogP contribution < -0.4 is 9.64 Å². The fourth-order valence-electron chi connectivity index (χ4n) is 3.10. The van der Waals surface area contributed by atoms with Gasteiger partial charge in [0.25, 0.3) is 5.91 Å². The maximum absolute atomic E-state index is 13.0. The van der Waals surface area contributed by atoms with Crippen LogP contribution in [0, 0.1) is 6.92 Å². The van der Waals surface area contributed by atoms with E-state index in [1.54, 1.807) is 4.90 Å². The molecule has 3 aromatic carbocycles. The molecular weight excluding hydrogens is 398 g/mol. The summed E-state index contributed by atoms with van der Waals surface area (Å²) in [6.45, 7) is 2.53. The van der Waals surface area contributed by atoms with Crippen LogP contribution in [0.5, 0.6) is 5.75 Å². The summed E-state index contributed by atoms with van der Waals surface area (Å²) >= 11 is 6.76. The molecule has 0 aliphatic carbocycles.